The zero-order valence-electron chi connectivity index (χ0n) is 10.6. The molecule has 0 unspecified atom stereocenters. The van der Waals surface area contributed by atoms with Gasteiger partial charge in [-0.15, -0.1) is 0 Å². The number of phenolic OH excluding ortho intramolecular Hbond substituents is 1. The molecule has 0 aromatic heterocycles. The van der Waals surface area contributed by atoms with Crippen molar-refractivity contribution in [3.8, 4) is 5.75 Å². The van der Waals surface area contributed by atoms with Gasteiger partial charge >= 0.3 is 0 Å². The minimum Gasteiger partial charge on any atom is -0.507 e. The van der Waals surface area contributed by atoms with Crippen molar-refractivity contribution in [1.29, 1.82) is 0 Å². The van der Waals surface area contributed by atoms with Gasteiger partial charge < -0.3 is 10.0 Å². The number of aromatic hydroxyl groups is 1. The summed E-state index contributed by atoms with van der Waals surface area (Å²) in [6.07, 6.45) is 0. The van der Waals surface area contributed by atoms with Crippen molar-refractivity contribution in [3.63, 3.8) is 0 Å². The van der Waals surface area contributed by atoms with E-state index in [2.05, 4.69) is 5.32 Å². The summed E-state index contributed by atoms with van der Waals surface area (Å²) in [6, 6.07) is 6.02. The second-order valence-electron chi connectivity index (χ2n) is 4.84. The highest BCUT2D eigenvalue weighted by atomic mass is 16.3. The van der Waals surface area contributed by atoms with E-state index in [4.69, 9.17) is 0 Å². The first-order valence-corrected chi connectivity index (χ1v) is 5.78. The van der Waals surface area contributed by atoms with Crippen molar-refractivity contribution in [2.45, 2.75) is 19.4 Å². The Morgan fingerprint density at radius 2 is 1.95 bits per heavy atom. The Kier molecular flexibility index (Phi) is 3.01. The molecule has 3 amide bonds. The van der Waals surface area contributed by atoms with Crippen LogP contribution in [0.5, 0.6) is 5.75 Å². The molecule has 0 atom stereocenters. The van der Waals surface area contributed by atoms with Gasteiger partial charge in [-0.3, -0.25) is 19.7 Å². The van der Waals surface area contributed by atoms with E-state index in [1.807, 2.05) is 0 Å². The number of para-hydroxylation sites is 1. The maximum Gasteiger partial charge on any atom is 0.258 e. The third kappa shape index (κ3) is 2.16. The molecular formula is C13H14N2O4. The smallest absolute Gasteiger partial charge is 0.258 e. The summed E-state index contributed by atoms with van der Waals surface area (Å²) in [7, 11) is 0. The number of carbonyl (C=O) groups excluding carboxylic acids is 3. The quantitative estimate of drug-likeness (QED) is 0.711. The van der Waals surface area contributed by atoms with Crippen molar-refractivity contribution in [2.75, 3.05) is 6.54 Å². The van der Waals surface area contributed by atoms with Crippen LogP contribution in [0.25, 0.3) is 0 Å². The number of nitrogens with one attached hydrogen (secondary N) is 1. The number of hydrogen-bond acceptors (Lipinski definition) is 4. The number of piperazine rings is 1. The molecular weight excluding hydrogens is 248 g/mol. The van der Waals surface area contributed by atoms with Crippen molar-refractivity contribution >= 4 is 17.7 Å². The molecule has 100 valence electrons. The lowest BCUT2D eigenvalue weighted by atomic mass is 9.97. The third-order valence-electron chi connectivity index (χ3n) is 3.16. The predicted octanol–water partition coefficient (Wildman–Crippen LogP) is 0.269. The highest BCUT2D eigenvalue weighted by molar-refractivity contribution is 6.09. The molecule has 0 saturated carbocycles. The second kappa shape index (κ2) is 4.38. The fraction of sp³-hybridized carbons (Fsp3) is 0.308. The number of rotatable bonds is 1. The van der Waals surface area contributed by atoms with Gasteiger partial charge in [0.15, 0.2) is 0 Å². The number of nitrogens with zero attached hydrogens (tertiary/aromatic N) is 1. The van der Waals surface area contributed by atoms with E-state index in [0.29, 0.717) is 0 Å². The van der Waals surface area contributed by atoms with Crippen molar-refractivity contribution in [3.05, 3.63) is 29.8 Å². The Bertz CT molecular complexity index is 566. The van der Waals surface area contributed by atoms with Crippen LogP contribution in [0, 0.1) is 0 Å². The first kappa shape index (κ1) is 13.1. The molecule has 0 aliphatic carbocycles. The Hall–Kier alpha value is -2.37. The summed E-state index contributed by atoms with van der Waals surface area (Å²) in [5, 5.41) is 11.9. The molecule has 6 nitrogen and oxygen atoms in total. The summed E-state index contributed by atoms with van der Waals surface area (Å²) in [4.78, 5) is 36.7. The molecule has 1 aliphatic heterocycles. The lowest BCUT2D eigenvalue weighted by Gasteiger charge is -2.40. The topological polar surface area (TPSA) is 86.7 Å². The van der Waals surface area contributed by atoms with E-state index in [9.17, 15) is 19.5 Å². The summed E-state index contributed by atoms with van der Waals surface area (Å²) in [5.74, 6) is -1.80. The Balaban J connectivity index is 2.40. The minimum atomic E-state index is -1.15. The van der Waals surface area contributed by atoms with Crippen molar-refractivity contribution < 1.29 is 19.5 Å². The summed E-state index contributed by atoms with van der Waals surface area (Å²) in [5.41, 5.74) is -1.08. The largest absolute Gasteiger partial charge is 0.507 e. The second-order valence-corrected chi connectivity index (χ2v) is 4.84. The van der Waals surface area contributed by atoms with Gasteiger partial charge in [0.25, 0.3) is 11.8 Å². The van der Waals surface area contributed by atoms with Gasteiger partial charge in [0, 0.05) is 0 Å². The molecule has 0 radical (unpaired) electrons. The van der Waals surface area contributed by atoms with E-state index >= 15 is 0 Å². The maximum absolute atomic E-state index is 12.4. The molecule has 6 heteroatoms. The van der Waals surface area contributed by atoms with Crippen LogP contribution < -0.4 is 5.32 Å². The van der Waals surface area contributed by atoms with Crippen LogP contribution in [-0.4, -0.2) is 39.8 Å². The number of imide groups is 1. The van der Waals surface area contributed by atoms with Gasteiger partial charge in [0.1, 0.15) is 17.8 Å². The van der Waals surface area contributed by atoms with Crippen LogP contribution in [0.4, 0.5) is 0 Å². The Morgan fingerprint density at radius 3 is 2.58 bits per heavy atom. The molecule has 0 bridgehead atoms. The van der Waals surface area contributed by atoms with Crippen LogP contribution in [0.15, 0.2) is 24.3 Å². The van der Waals surface area contributed by atoms with Gasteiger partial charge in [-0.2, -0.15) is 0 Å². The summed E-state index contributed by atoms with van der Waals surface area (Å²) in [6.45, 7) is 2.88. The molecule has 2 N–H and O–H groups in total. The van der Waals surface area contributed by atoms with Crippen LogP contribution in [0.1, 0.15) is 24.2 Å². The van der Waals surface area contributed by atoms with Crippen LogP contribution in [0.3, 0.4) is 0 Å². The minimum absolute atomic E-state index is 0.0677. The van der Waals surface area contributed by atoms with E-state index in [1.165, 1.54) is 12.1 Å². The van der Waals surface area contributed by atoms with E-state index in [1.54, 1.807) is 26.0 Å². The normalized spacial score (nSPS) is 18.1. The fourth-order valence-electron chi connectivity index (χ4n) is 1.91. The lowest BCUT2D eigenvalue weighted by molar-refractivity contribution is -0.143. The van der Waals surface area contributed by atoms with E-state index < -0.39 is 23.3 Å². The van der Waals surface area contributed by atoms with Gasteiger partial charge in [0.05, 0.1) is 5.56 Å². The zero-order valence-corrected chi connectivity index (χ0v) is 10.6. The predicted molar refractivity (Wildman–Crippen MR) is 66.4 cm³/mol. The summed E-state index contributed by atoms with van der Waals surface area (Å²) >= 11 is 0. The first-order chi connectivity index (χ1) is 8.84. The third-order valence-corrected chi connectivity index (χ3v) is 3.16. The average Bonchev–Trinajstić information content (AvgIpc) is 2.34. The monoisotopic (exact) mass is 262 g/mol. The molecule has 1 fully saturated rings. The van der Waals surface area contributed by atoms with Gasteiger partial charge in [-0.1, -0.05) is 12.1 Å². The van der Waals surface area contributed by atoms with Crippen molar-refractivity contribution in [2.24, 2.45) is 0 Å². The average molecular weight is 262 g/mol. The highest BCUT2D eigenvalue weighted by Gasteiger charge is 2.44. The van der Waals surface area contributed by atoms with Crippen LogP contribution in [0.2, 0.25) is 0 Å². The van der Waals surface area contributed by atoms with Gasteiger partial charge in [-0.25, -0.2) is 0 Å². The van der Waals surface area contributed by atoms with Crippen molar-refractivity contribution in [1.82, 2.24) is 10.2 Å². The Labute approximate surface area is 110 Å². The molecule has 1 aromatic rings. The number of amides is 3. The number of carbonyl (C=O) groups is 3. The van der Waals surface area contributed by atoms with E-state index in [0.717, 1.165) is 4.90 Å². The molecule has 19 heavy (non-hydrogen) atoms. The standard InChI is InChI=1S/C13H14N2O4/c1-13(2)12(19)14-10(17)7-15(13)11(18)8-5-3-4-6-9(8)16/h3-6,16H,7H2,1-2H3,(H,14,17,19). The SMILES string of the molecule is CC1(C)C(=O)NC(=O)CN1C(=O)c1ccccc1O. The van der Waals surface area contributed by atoms with Crippen LogP contribution >= 0.6 is 0 Å². The van der Waals surface area contributed by atoms with E-state index in [-0.39, 0.29) is 17.9 Å². The molecule has 1 heterocycles. The fourth-order valence-corrected chi connectivity index (χ4v) is 1.91. The van der Waals surface area contributed by atoms with Crippen LogP contribution in [-0.2, 0) is 9.59 Å². The molecule has 2 rings (SSSR count). The van der Waals surface area contributed by atoms with Gasteiger partial charge in [-0.05, 0) is 26.0 Å². The number of hydrogen-bond donors (Lipinski definition) is 2. The number of phenols is 1. The molecule has 1 saturated heterocycles. The lowest BCUT2D eigenvalue weighted by Crippen LogP contribution is -2.65. The summed E-state index contributed by atoms with van der Waals surface area (Å²) < 4.78 is 0. The number of benzene rings is 1. The molecule has 1 aliphatic rings. The maximum atomic E-state index is 12.4. The van der Waals surface area contributed by atoms with Gasteiger partial charge in [0.2, 0.25) is 5.91 Å². The highest BCUT2D eigenvalue weighted by Crippen LogP contribution is 2.24. The molecule has 1 aromatic carbocycles. The molecule has 0 spiro atoms. The zero-order chi connectivity index (χ0) is 14.2. The first-order valence-electron chi connectivity index (χ1n) is 5.78. The Morgan fingerprint density at radius 1 is 1.32 bits per heavy atom.